The van der Waals surface area contributed by atoms with Gasteiger partial charge in [0.15, 0.2) is 5.82 Å². The largest absolute Gasteiger partial charge is 0.317 e. The first-order chi connectivity index (χ1) is 9.93. The van der Waals surface area contributed by atoms with Crippen LogP contribution in [0.2, 0.25) is 0 Å². The SMILES string of the molecule is C1=Cn2c(nnc2C2CCNCC2)-c2ccccc2S1. The van der Waals surface area contributed by atoms with Gasteiger partial charge in [0, 0.05) is 22.6 Å². The van der Waals surface area contributed by atoms with Gasteiger partial charge in [0.05, 0.1) is 0 Å². The number of fused-ring (bicyclic) bond motifs is 3. The predicted octanol–water partition coefficient (Wildman–Crippen LogP) is 2.95. The Kier molecular flexibility index (Phi) is 3.09. The van der Waals surface area contributed by atoms with E-state index in [0.717, 1.165) is 37.6 Å². The summed E-state index contributed by atoms with van der Waals surface area (Å²) in [4.78, 5) is 1.24. The minimum absolute atomic E-state index is 0.511. The van der Waals surface area contributed by atoms with Gasteiger partial charge in [-0.2, -0.15) is 0 Å². The van der Waals surface area contributed by atoms with Crippen LogP contribution in [0, 0.1) is 0 Å². The summed E-state index contributed by atoms with van der Waals surface area (Å²) < 4.78 is 2.18. The number of hydrogen-bond donors (Lipinski definition) is 1. The number of nitrogens with one attached hydrogen (secondary N) is 1. The Morgan fingerprint density at radius 2 is 2.00 bits per heavy atom. The molecule has 5 heteroatoms. The van der Waals surface area contributed by atoms with Crippen molar-refractivity contribution in [3.05, 3.63) is 35.5 Å². The van der Waals surface area contributed by atoms with E-state index in [1.807, 2.05) is 0 Å². The molecule has 1 aromatic carbocycles. The molecule has 4 rings (SSSR count). The van der Waals surface area contributed by atoms with Gasteiger partial charge in [-0.25, -0.2) is 0 Å². The minimum atomic E-state index is 0.511. The topological polar surface area (TPSA) is 42.7 Å². The third-order valence-electron chi connectivity index (χ3n) is 3.96. The molecule has 1 saturated heterocycles. The van der Waals surface area contributed by atoms with Gasteiger partial charge >= 0.3 is 0 Å². The highest BCUT2D eigenvalue weighted by Gasteiger charge is 2.24. The van der Waals surface area contributed by atoms with E-state index in [4.69, 9.17) is 0 Å². The van der Waals surface area contributed by atoms with Crippen molar-refractivity contribution in [2.45, 2.75) is 23.7 Å². The number of piperidine rings is 1. The molecule has 0 aliphatic carbocycles. The third-order valence-corrected chi connectivity index (χ3v) is 4.83. The number of aromatic nitrogens is 3. The molecule has 3 heterocycles. The van der Waals surface area contributed by atoms with Crippen LogP contribution in [0.5, 0.6) is 0 Å². The summed E-state index contributed by atoms with van der Waals surface area (Å²) >= 11 is 1.74. The molecule has 0 radical (unpaired) electrons. The Hall–Kier alpha value is -1.59. The van der Waals surface area contributed by atoms with E-state index in [2.05, 4.69) is 56.0 Å². The predicted molar refractivity (Wildman–Crippen MR) is 81.5 cm³/mol. The molecule has 2 aliphatic rings. The summed E-state index contributed by atoms with van der Waals surface area (Å²) in [5, 5.41) is 14.5. The lowest BCUT2D eigenvalue weighted by molar-refractivity contribution is 0.442. The summed E-state index contributed by atoms with van der Waals surface area (Å²) in [6, 6.07) is 8.40. The Morgan fingerprint density at radius 1 is 1.15 bits per heavy atom. The first-order valence-electron chi connectivity index (χ1n) is 7.02. The average molecular weight is 284 g/mol. The van der Waals surface area contributed by atoms with Crippen LogP contribution >= 0.6 is 11.8 Å². The van der Waals surface area contributed by atoms with Crippen molar-refractivity contribution in [2.75, 3.05) is 13.1 Å². The van der Waals surface area contributed by atoms with E-state index in [1.165, 1.54) is 10.5 Å². The maximum atomic E-state index is 4.49. The van der Waals surface area contributed by atoms with Crippen molar-refractivity contribution in [2.24, 2.45) is 0 Å². The molecule has 1 aromatic heterocycles. The van der Waals surface area contributed by atoms with Gasteiger partial charge in [-0.05, 0) is 37.4 Å². The van der Waals surface area contributed by atoms with E-state index in [-0.39, 0.29) is 0 Å². The number of rotatable bonds is 1. The van der Waals surface area contributed by atoms with Crippen molar-refractivity contribution >= 4 is 18.0 Å². The quantitative estimate of drug-likeness (QED) is 0.874. The molecular formula is C15H16N4S. The van der Waals surface area contributed by atoms with Gasteiger partial charge in [-0.3, -0.25) is 4.57 Å². The van der Waals surface area contributed by atoms with Crippen LogP contribution in [0.4, 0.5) is 0 Å². The summed E-state index contributed by atoms with van der Waals surface area (Å²) in [7, 11) is 0. The van der Waals surface area contributed by atoms with E-state index in [0.29, 0.717) is 5.92 Å². The van der Waals surface area contributed by atoms with Gasteiger partial charge in [-0.1, -0.05) is 30.0 Å². The van der Waals surface area contributed by atoms with E-state index in [9.17, 15) is 0 Å². The van der Waals surface area contributed by atoms with Crippen LogP contribution in [0.3, 0.4) is 0 Å². The lowest BCUT2D eigenvalue weighted by Gasteiger charge is -2.21. The molecule has 0 bridgehead atoms. The second-order valence-corrected chi connectivity index (χ2v) is 6.12. The maximum absolute atomic E-state index is 4.49. The van der Waals surface area contributed by atoms with Crippen molar-refractivity contribution in [3.8, 4) is 11.4 Å². The molecule has 0 atom stereocenters. The molecule has 4 nitrogen and oxygen atoms in total. The molecule has 0 amide bonds. The minimum Gasteiger partial charge on any atom is -0.317 e. The fourth-order valence-corrected chi connectivity index (χ4v) is 3.68. The molecule has 2 aromatic rings. The monoisotopic (exact) mass is 284 g/mol. The summed E-state index contributed by atoms with van der Waals surface area (Å²) in [6.07, 6.45) is 4.39. The number of nitrogens with zero attached hydrogens (tertiary/aromatic N) is 3. The number of thioether (sulfide) groups is 1. The van der Waals surface area contributed by atoms with Crippen molar-refractivity contribution in [1.29, 1.82) is 0 Å². The fourth-order valence-electron chi connectivity index (χ4n) is 2.91. The van der Waals surface area contributed by atoms with Gasteiger partial charge < -0.3 is 5.32 Å². The van der Waals surface area contributed by atoms with Gasteiger partial charge in [-0.15, -0.1) is 10.2 Å². The van der Waals surface area contributed by atoms with Crippen LogP contribution in [-0.4, -0.2) is 27.9 Å². The lowest BCUT2D eigenvalue weighted by atomic mass is 9.97. The van der Waals surface area contributed by atoms with Gasteiger partial charge in [0.2, 0.25) is 0 Å². The first kappa shape index (κ1) is 12.2. The average Bonchev–Trinajstić information content (AvgIpc) is 2.84. The molecule has 0 spiro atoms. The summed E-state index contributed by atoms with van der Waals surface area (Å²) in [5.74, 6) is 2.59. The Labute approximate surface area is 122 Å². The Bertz CT molecular complexity index is 656. The highest BCUT2D eigenvalue weighted by atomic mass is 32.2. The third kappa shape index (κ3) is 1.98. The van der Waals surface area contributed by atoms with Gasteiger partial charge in [0.1, 0.15) is 5.82 Å². The molecule has 1 N–H and O–H groups in total. The zero-order valence-corrected chi connectivity index (χ0v) is 11.9. The summed E-state index contributed by atoms with van der Waals surface area (Å²) in [6.45, 7) is 2.14. The van der Waals surface area contributed by atoms with Crippen LogP contribution in [0.15, 0.2) is 34.6 Å². The van der Waals surface area contributed by atoms with E-state index < -0.39 is 0 Å². The first-order valence-corrected chi connectivity index (χ1v) is 7.90. The van der Waals surface area contributed by atoms with Crippen molar-refractivity contribution < 1.29 is 0 Å². The lowest BCUT2D eigenvalue weighted by Crippen LogP contribution is -2.27. The molecule has 1 fully saturated rings. The van der Waals surface area contributed by atoms with Crippen LogP contribution in [0.25, 0.3) is 17.6 Å². The smallest absolute Gasteiger partial charge is 0.169 e. The van der Waals surface area contributed by atoms with Crippen LogP contribution in [-0.2, 0) is 0 Å². The van der Waals surface area contributed by atoms with Crippen LogP contribution in [0.1, 0.15) is 24.6 Å². The molecule has 102 valence electrons. The molecule has 2 aliphatic heterocycles. The standard InChI is InChI=1S/C15H16N4S/c1-2-4-13-12(3-1)15-18-17-14(19(15)9-10-20-13)11-5-7-16-8-6-11/h1-4,9-11,16H,5-8H2. The maximum Gasteiger partial charge on any atom is 0.169 e. The molecule has 0 unspecified atom stereocenters. The molecule has 0 saturated carbocycles. The Morgan fingerprint density at radius 3 is 2.90 bits per heavy atom. The second-order valence-electron chi connectivity index (χ2n) is 5.18. The normalized spacial score (nSPS) is 18.4. The van der Waals surface area contributed by atoms with Crippen molar-refractivity contribution in [3.63, 3.8) is 0 Å². The highest BCUT2D eigenvalue weighted by molar-refractivity contribution is 8.02. The zero-order valence-electron chi connectivity index (χ0n) is 11.1. The highest BCUT2D eigenvalue weighted by Crippen LogP contribution is 2.36. The summed E-state index contributed by atoms with van der Waals surface area (Å²) in [5.41, 5.74) is 1.18. The second kappa shape index (κ2) is 5.07. The molecule has 20 heavy (non-hydrogen) atoms. The van der Waals surface area contributed by atoms with Crippen molar-refractivity contribution in [1.82, 2.24) is 20.1 Å². The van der Waals surface area contributed by atoms with E-state index >= 15 is 0 Å². The fraction of sp³-hybridized carbons (Fsp3) is 0.333. The molecular weight excluding hydrogens is 268 g/mol. The van der Waals surface area contributed by atoms with Gasteiger partial charge in [0.25, 0.3) is 0 Å². The van der Waals surface area contributed by atoms with Crippen LogP contribution < -0.4 is 5.32 Å². The Balaban J connectivity index is 1.82. The zero-order chi connectivity index (χ0) is 13.4. The number of benzene rings is 1. The number of hydrogen-bond acceptors (Lipinski definition) is 4. The van der Waals surface area contributed by atoms with E-state index in [1.54, 1.807) is 11.8 Å².